The fraction of sp³-hybridized carbons (Fsp3) is 0.417. The molecule has 1 aromatic carbocycles. The average molecular weight is 238 g/mol. The number of benzene rings is 1. The molecule has 1 fully saturated rings. The Morgan fingerprint density at radius 2 is 2.19 bits per heavy atom. The van der Waals surface area contributed by atoms with E-state index < -0.39 is 0 Å². The summed E-state index contributed by atoms with van der Waals surface area (Å²) in [6.07, 6.45) is 2.30. The highest BCUT2D eigenvalue weighted by molar-refractivity contribution is 7.80. The third-order valence-electron chi connectivity index (χ3n) is 2.98. The van der Waals surface area contributed by atoms with Gasteiger partial charge in [0.25, 0.3) is 0 Å². The highest BCUT2D eigenvalue weighted by Crippen LogP contribution is 2.29. The zero-order chi connectivity index (χ0) is 11.7. The summed E-state index contributed by atoms with van der Waals surface area (Å²) >= 11 is 4.75. The lowest BCUT2D eigenvalue weighted by Crippen LogP contribution is -2.33. The van der Waals surface area contributed by atoms with E-state index in [0.717, 1.165) is 24.4 Å². The van der Waals surface area contributed by atoms with Gasteiger partial charge in [-0.3, -0.25) is 0 Å². The van der Waals surface area contributed by atoms with Gasteiger partial charge in [-0.25, -0.2) is 4.39 Å². The predicted octanol–water partition coefficient (Wildman–Crippen LogP) is 2.67. The molecule has 0 aromatic heterocycles. The van der Waals surface area contributed by atoms with Gasteiger partial charge in [-0.1, -0.05) is 19.1 Å². The maximum Gasteiger partial charge on any atom is 0.135 e. The SMILES string of the molecule is CC1CC(Nc2ccc(C(N)=S)c(F)c2)C1. The number of hydrogen-bond donors (Lipinski definition) is 2. The number of thiocarbonyl (C=S) groups is 1. The molecule has 1 saturated carbocycles. The van der Waals surface area contributed by atoms with Crippen molar-refractivity contribution >= 4 is 22.9 Å². The minimum absolute atomic E-state index is 0.0984. The molecule has 1 aliphatic carbocycles. The molecule has 2 rings (SSSR count). The molecule has 86 valence electrons. The summed E-state index contributed by atoms with van der Waals surface area (Å²) in [7, 11) is 0. The van der Waals surface area contributed by atoms with E-state index in [1.165, 1.54) is 6.07 Å². The molecule has 0 spiro atoms. The molecule has 0 unspecified atom stereocenters. The predicted molar refractivity (Wildman–Crippen MR) is 68.1 cm³/mol. The van der Waals surface area contributed by atoms with Crippen LogP contribution in [0.15, 0.2) is 18.2 Å². The van der Waals surface area contributed by atoms with Crippen LogP contribution in [0.5, 0.6) is 0 Å². The molecule has 0 radical (unpaired) electrons. The molecule has 0 aliphatic heterocycles. The standard InChI is InChI=1S/C12H15FN2S/c1-7-4-9(5-7)15-8-2-3-10(12(14)16)11(13)6-8/h2-3,6-7,9,15H,4-5H2,1H3,(H2,14,16). The zero-order valence-corrected chi connectivity index (χ0v) is 9.98. The first-order valence-corrected chi connectivity index (χ1v) is 5.83. The third kappa shape index (κ3) is 2.32. The Hall–Kier alpha value is -1.16. The molecule has 1 aliphatic rings. The smallest absolute Gasteiger partial charge is 0.135 e. The molecule has 1 aromatic rings. The Balaban J connectivity index is 2.06. The number of halogens is 1. The quantitative estimate of drug-likeness (QED) is 0.795. The van der Waals surface area contributed by atoms with E-state index in [-0.39, 0.29) is 10.8 Å². The van der Waals surface area contributed by atoms with E-state index >= 15 is 0 Å². The van der Waals surface area contributed by atoms with Crippen LogP contribution in [0.4, 0.5) is 10.1 Å². The van der Waals surface area contributed by atoms with Gasteiger partial charge in [0.05, 0.1) is 0 Å². The van der Waals surface area contributed by atoms with Gasteiger partial charge >= 0.3 is 0 Å². The van der Waals surface area contributed by atoms with Crippen LogP contribution >= 0.6 is 12.2 Å². The largest absolute Gasteiger partial charge is 0.389 e. The van der Waals surface area contributed by atoms with Crippen LogP contribution in [-0.2, 0) is 0 Å². The lowest BCUT2D eigenvalue weighted by molar-refractivity contribution is 0.309. The summed E-state index contributed by atoms with van der Waals surface area (Å²) in [5.74, 6) is 0.420. The number of anilines is 1. The molecule has 2 nitrogen and oxygen atoms in total. The lowest BCUT2D eigenvalue weighted by Gasteiger charge is -2.34. The van der Waals surface area contributed by atoms with Crippen molar-refractivity contribution in [3.8, 4) is 0 Å². The first-order chi connectivity index (χ1) is 7.56. The van der Waals surface area contributed by atoms with Crippen LogP contribution in [0.25, 0.3) is 0 Å². The maximum absolute atomic E-state index is 13.5. The minimum atomic E-state index is -0.357. The van der Waals surface area contributed by atoms with Crippen LogP contribution in [0.3, 0.4) is 0 Å². The van der Waals surface area contributed by atoms with E-state index in [2.05, 4.69) is 12.2 Å². The van der Waals surface area contributed by atoms with Gasteiger partial charge in [0.2, 0.25) is 0 Å². The number of nitrogens with one attached hydrogen (secondary N) is 1. The first kappa shape index (κ1) is 11.3. The summed E-state index contributed by atoms with van der Waals surface area (Å²) in [6, 6.07) is 5.38. The van der Waals surface area contributed by atoms with Crippen LogP contribution in [0.1, 0.15) is 25.3 Å². The van der Waals surface area contributed by atoms with Crippen molar-refractivity contribution in [1.29, 1.82) is 0 Å². The van der Waals surface area contributed by atoms with Crippen molar-refractivity contribution < 1.29 is 4.39 Å². The Morgan fingerprint density at radius 1 is 1.50 bits per heavy atom. The highest BCUT2D eigenvalue weighted by Gasteiger charge is 2.25. The van der Waals surface area contributed by atoms with Crippen LogP contribution in [-0.4, -0.2) is 11.0 Å². The van der Waals surface area contributed by atoms with Gasteiger partial charge in [0.15, 0.2) is 0 Å². The Morgan fingerprint density at radius 3 is 2.69 bits per heavy atom. The van der Waals surface area contributed by atoms with Gasteiger partial charge in [0.1, 0.15) is 10.8 Å². The van der Waals surface area contributed by atoms with Crippen LogP contribution in [0, 0.1) is 11.7 Å². The zero-order valence-electron chi connectivity index (χ0n) is 9.16. The average Bonchev–Trinajstić information content (AvgIpc) is 2.15. The Kier molecular flexibility index (Phi) is 3.10. The van der Waals surface area contributed by atoms with Crippen molar-refractivity contribution in [2.24, 2.45) is 11.7 Å². The summed E-state index contributed by atoms with van der Waals surface area (Å²) in [4.78, 5) is 0.0984. The van der Waals surface area contributed by atoms with Crippen molar-refractivity contribution in [2.75, 3.05) is 5.32 Å². The molecule has 16 heavy (non-hydrogen) atoms. The second-order valence-electron chi connectivity index (χ2n) is 4.48. The summed E-state index contributed by atoms with van der Waals surface area (Å²) in [6.45, 7) is 2.22. The topological polar surface area (TPSA) is 38.0 Å². The van der Waals surface area contributed by atoms with Crippen molar-refractivity contribution in [3.63, 3.8) is 0 Å². The van der Waals surface area contributed by atoms with Crippen molar-refractivity contribution in [2.45, 2.75) is 25.8 Å². The van der Waals surface area contributed by atoms with Gasteiger partial charge in [-0.15, -0.1) is 0 Å². The van der Waals surface area contributed by atoms with E-state index in [4.69, 9.17) is 18.0 Å². The minimum Gasteiger partial charge on any atom is -0.389 e. The van der Waals surface area contributed by atoms with Gasteiger partial charge < -0.3 is 11.1 Å². The van der Waals surface area contributed by atoms with Gasteiger partial charge in [-0.2, -0.15) is 0 Å². The van der Waals surface area contributed by atoms with E-state index in [1.807, 2.05) is 6.07 Å². The second kappa shape index (κ2) is 4.37. The molecular weight excluding hydrogens is 223 g/mol. The first-order valence-electron chi connectivity index (χ1n) is 5.42. The fourth-order valence-corrected chi connectivity index (χ4v) is 2.23. The van der Waals surface area contributed by atoms with Crippen molar-refractivity contribution in [1.82, 2.24) is 0 Å². The fourth-order valence-electron chi connectivity index (χ4n) is 2.06. The summed E-state index contributed by atoms with van der Waals surface area (Å²) in [5.41, 5.74) is 6.50. The highest BCUT2D eigenvalue weighted by atomic mass is 32.1. The molecule has 0 bridgehead atoms. The van der Waals surface area contributed by atoms with E-state index in [1.54, 1.807) is 6.07 Å². The van der Waals surface area contributed by atoms with Gasteiger partial charge in [0, 0.05) is 17.3 Å². The lowest BCUT2D eigenvalue weighted by atomic mass is 9.82. The Bertz CT molecular complexity index is 413. The molecular formula is C12H15FN2S. The van der Waals surface area contributed by atoms with E-state index in [0.29, 0.717) is 11.6 Å². The summed E-state index contributed by atoms with van der Waals surface area (Å²) in [5, 5.41) is 3.29. The monoisotopic (exact) mass is 238 g/mol. The second-order valence-corrected chi connectivity index (χ2v) is 4.92. The van der Waals surface area contributed by atoms with Crippen molar-refractivity contribution in [3.05, 3.63) is 29.6 Å². The molecule has 0 heterocycles. The van der Waals surface area contributed by atoms with Crippen LogP contribution in [0.2, 0.25) is 0 Å². The summed E-state index contributed by atoms with van der Waals surface area (Å²) < 4.78 is 13.5. The number of nitrogens with two attached hydrogens (primary N) is 1. The molecule has 0 saturated heterocycles. The molecule has 4 heteroatoms. The number of rotatable bonds is 3. The number of hydrogen-bond acceptors (Lipinski definition) is 2. The molecule has 0 amide bonds. The third-order valence-corrected chi connectivity index (χ3v) is 3.20. The van der Waals surface area contributed by atoms with E-state index in [9.17, 15) is 4.39 Å². The molecule has 3 N–H and O–H groups in total. The van der Waals surface area contributed by atoms with Gasteiger partial charge in [-0.05, 0) is 37.0 Å². The normalized spacial score (nSPS) is 23.6. The maximum atomic E-state index is 13.5. The molecule has 0 atom stereocenters. The Labute approximate surface area is 100 Å². The van der Waals surface area contributed by atoms with Crippen LogP contribution < -0.4 is 11.1 Å².